The summed E-state index contributed by atoms with van der Waals surface area (Å²) in [6, 6.07) is 2.75. The third-order valence-corrected chi connectivity index (χ3v) is 4.47. The van der Waals surface area contributed by atoms with Gasteiger partial charge in [0.1, 0.15) is 0 Å². The van der Waals surface area contributed by atoms with Crippen LogP contribution in [0, 0.1) is 0 Å². The largest absolute Gasteiger partial charge is 0.341 e. The van der Waals surface area contributed by atoms with E-state index >= 15 is 0 Å². The van der Waals surface area contributed by atoms with Crippen LogP contribution in [-0.4, -0.2) is 30.4 Å². The van der Waals surface area contributed by atoms with Crippen LogP contribution >= 0.6 is 27.3 Å². The number of hydrogen-bond acceptors (Lipinski definition) is 3. The number of halogens is 1. The quantitative estimate of drug-likeness (QED) is 0.875. The van der Waals surface area contributed by atoms with Crippen LogP contribution < -0.4 is 5.32 Å². The van der Waals surface area contributed by atoms with Gasteiger partial charge in [0.25, 0.3) is 0 Å². The van der Waals surface area contributed by atoms with Crippen LogP contribution in [-0.2, 0) is 11.3 Å². The summed E-state index contributed by atoms with van der Waals surface area (Å²) < 4.78 is 1.09. The lowest BCUT2D eigenvalue weighted by Gasteiger charge is -2.16. The van der Waals surface area contributed by atoms with Crippen molar-refractivity contribution < 1.29 is 4.79 Å². The van der Waals surface area contributed by atoms with Gasteiger partial charge in [-0.05, 0) is 34.8 Å². The van der Waals surface area contributed by atoms with Crippen molar-refractivity contribution in [2.45, 2.75) is 31.8 Å². The van der Waals surface area contributed by atoms with Crippen LogP contribution in [0.5, 0.6) is 0 Å². The van der Waals surface area contributed by atoms with Gasteiger partial charge >= 0.3 is 0 Å². The molecule has 0 bridgehead atoms. The zero-order valence-corrected chi connectivity index (χ0v) is 12.3. The summed E-state index contributed by atoms with van der Waals surface area (Å²) in [6.45, 7) is 1.51. The van der Waals surface area contributed by atoms with Gasteiger partial charge in [-0.1, -0.05) is 0 Å². The fraction of sp³-hybridized carbons (Fsp3) is 0.583. The summed E-state index contributed by atoms with van der Waals surface area (Å²) in [5, 5.41) is 5.40. The highest BCUT2D eigenvalue weighted by Gasteiger charge is 2.20. The van der Waals surface area contributed by atoms with Gasteiger partial charge in [-0.25, -0.2) is 0 Å². The Balaban J connectivity index is 1.70. The van der Waals surface area contributed by atoms with E-state index in [1.807, 2.05) is 12.4 Å². The molecule has 0 atom stereocenters. The Morgan fingerprint density at radius 1 is 1.65 bits per heavy atom. The number of rotatable bonds is 6. The second-order valence-corrected chi connectivity index (χ2v) is 6.37. The van der Waals surface area contributed by atoms with Gasteiger partial charge < -0.3 is 10.2 Å². The fourth-order valence-electron chi connectivity index (χ4n) is 1.62. The highest BCUT2D eigenvalue weighted by Crippen LogP contribution is 2.21. The molecule has 1 aliphatic rings. The molecule has 2 rings (SSSR count). The van der Waals surface area contributed by atoms with Crippen LogP contribution in [0.3, 0.4) is 0 Å². The van der Waals surface area contributed by atoms with E-state index in [9.17, 15) is 4.79 Å². The van der Waals surface area contributed by atoms with E-state index in [-0.39, 0.29) is 5.91 Å². The van der Waals surface area contributed by atoms with Crippen LogP contribution in [0.1, 0.15) is 24.1 Å². The van der Waals surface area contributed by atoms with E-state index in [0.29, 0.717) is 19.0 Å². The molecule has 1 saturated carbocycles. The van der Waals surface area contributed by atoms with Crippen molar-refractivity contribution in [1.29, 1.82) is 0 Å². The molecule has 1 N–H and O–H groups in total. The summed E-state index contributed by atoms with van der Waals surface area (Å²) in [6.07, 6.45) is 3.14. The fourth-order valence-corrected chi connectivity index (χ4v) is 3.12. The van der Waals surface area contributed by atoms with Gasteiger partial charge in [0.05, 0.1) is 6.54 Å². The van der Waals surface area contributed by atoms with Crippen molar-refractivity contribution in [3.05, 3.63) is 20.8 Å². The predicted octanol–water partition coefficient (Wildman–Crippen LogP) is 2.61. The summed E-state index contributed by atoms with van der Waals surface area (Å²) in [5.41, 5.74) is 0. The van der Waals surface area contributed by atoms with Crippen molar-refractivity contribution in [1.82, 2.24) is 10.2 Å². The number of nitrogens with zero attached hydrogens (tertiary/aromatic N) is 1. The number of carbonyl (C=O) groups excluding carboxylic acids is 1. The second-order valence-electron chi connectivity index (χ2n) is 4.46. The predicted molar refractivity (Wildman–Crippen MR) is 74.1 cm³/mol. The van der Waals surface area contributed by atoms with Crippen molar-refractivity contribution in [3.63, 3.8) is 0 Å². The first-order chi connectivity index (χ1) is 8.15. The average molecular weight is 317 g/mol. The molecule has 5 heteroatoms. The lowest BCUT2D eigenvalue weighted by atomic mass is 10.3. The number of nitrogens with one attached hydrogen (secondary N) is 1. The van der Waals surface area contributed by atoms with E-state index < -0.39 is 0 Å². The summed E-state index contributed by atoms with van der Waals surface area (Å²) in [7, 11) is 1.87. The molecule has 1 amide bonds. The van der Waals surface area contributed by atoms with Gasteiger partial charge in [0, 0.05) is 40.8 Å². The number of amides is 1. The van der Waals surface area contributed by atoms with Crippen LogP contribution in [0.25, 0.3) is 0 Å². The highest BCUT2D eigenvalue weighted by molar-refractivity contribution is 9.10. The van der Waals surface area contributed by atoms with Gasteiger partial charge in [-0.15, -0.1) is 11.3 Å². The Kier molecular flexibility index (Phi) is 4.59. The van der Waals surface area contributed by atoms with Gasteiger partial charge in [-0.2, -0.15) is 0 Å². The topological polar surface area (TPSA) is 32.3 Å². The first-order valence-electron chi connectivity index (χ1n) is 5.85. The van der Waals surface area contributed by atoms with Crippen LogP contribution in [0.2, 0.25) is 0 Å². The molecular formula is C12H17BrN2OS. The number of hydrogen-bond donors (Lipinski definition) is 1. The molecular weight excluding hydrogens is 300 g/mol. The van der Waals surface area contributed by atoms with Crippen LogP contribution in [0.15, 0.2) is 15.9 Å². The molecule has 1 aromatic heterocycles. The molecule has 0 spiro atoms. The molecule has 1 fully saturated rings. The molecule has 1 aliphatic carbocycles. The molecule has 3 nitrogen and oxygen atoms in total. The first-order valence-corrected chi connectivity index (χ1v) is 7.52. The monoisotopic (exact) mass is 316 g/mol. The third kappa shape index (κ3) is 4.41. The summed E-state index contributed by atoms with van der Waals surface area (Å²) in [5.74, 6) is 0.211. The Bertz CT molecular complexity index is 390. The SMILES string of the molecule is CN(Cc1cc(Br)cs1)C(=O)CCNC1CC1. The van der Waals surface area contributed by atoms with E-state index in [2.05, 4.69) is 27.3 Å². The normalized spacial score (nSPS) is 14.9. The molecule has 0 radical (unpaired) electrons. The third-order valence-electron chi connectivity index (χ3n) is 2.79. The molecule has 0 unspecified atom stereocenters. The van der Waals surface area contributed by atoms with Crippen molar-refractivity contribution >= 4 is 33.2 Å². The Morgan fingerprint density at radius 2 is 2.41 bits per heavy atom. The molecule has 0 aromatic carbocycles. The molecule has 1 heterocycles. The van der Waals surface area contributed by atoms with E-state index in [1.54, 1.807) is 16.2 Å². The molecule has 0 aliphatic heterocycles. The van der Waals surface area contributed by atoms with E-state index in [0.717, 1.165) is 11.0 Å². The van der Waals surface area contributed by atoms with E-state index in [1.165, 1.54) is 17.7 Å². The van der Waals surface area contributed by atoms with Crippen molar-refractivity contribution in [2.75, 3.05) is 13.6 Å². The number of thiophene rings is 1. The van der Waals surface area contributed by atoms with Gasteiger partial charge in [-0.3, -0.25) is 4.79 Å². The maximum atomic E-state index is 11.8. The average Bonchev–Trinajstić information content (AvgIpc) is 3.02. The molecule has 1 aromatic rings. The minimum absolute atomic E-state index is 0.211. The maximum absolute atomic E-state index is 11.8. The van der Waals surface area contributed by atoms with Gasteiger partial charge in [0.2, 0.25) is 5.91 Å². The summed E-state index contributed by atoms with van der Waals surface area (Å²) >= 11 is 5.10. The van der Waals surface area contributed by atoms with E-state index in [4.69, 9.17) is 0 Å². The Morgan fingerprint density at radius 3 is 3.00 bits per heavy atom. The summed E-state index contributed by atoms with van der Waals surface area (Å²) in [4.78, 5) is 14.8. The molecule has 17 heavy (non-hydrogen) atoms. The van der Waals surface area contributed by atoms with Crippen LogP contribution in [0.4, 0.5) is 0 Å². The van der Waals surface area contributed by atoms with Crippen molar-refractivity contribution in [3.8, 4) is 0 Å². The lowest BCUT2D eigenvalue weighted by molar-refractivity contribution is -0.130. The second kappa shape index (κ2) is 5.98. The highest BCUT2D eigenvalue weighted by atomic mass is 79.9. The Labute approximate surface area is 114 Å². The zero-order valence-electron chi connectivity index (χ0n) is 9.91. The van der Waals surface area contributed by atoms with Gasteiger partial charge in [0.15, 0.2) is 0 Å². The lowest BCUT2D eigenvalue weighted by Crippen LogP contribution is -2.29. The maximum Gasteiger partial charge on any atom is 0.223 e. The zero-order chi connectivity index (χ0) is 12.3. The smallest absolute Gasteiger partial charge is 0.223 e. The van der Waals surface area contributed by atoms with Crippen molar-refractivity contribution in [2.24, 2.45) is 0 Å². The minimum atomic E-state index is 0.211. The first kappa shape index (κ1) is 13.1. The standard InChI is InChI=1S/C12H17BrN2OS/c1-15(7-11-6-9(13)8-17-11)12(16)4-5-14-10-2-3-10/h6,8,10,14H,2-5,7H2,1H3. The molecule has 94 valence electrons. The molecule has 0 saturated heterocycles. The Hall–Kier alpha value is -0.390. The minimum Gasteiger partial charge on any atom is -0.341 e. The number of carbonyl (C=O) groups is 1.